The first-order chi connectivity index (χ1) is 37.7. The number of rotatable bonds is 3. The Morgan fingerprint density at radius 3 is 2.04 bits per heavy atom. The first-order valence-electron chi connectivity index (χ1n) is 30.3. The monoisotopic (exact) mass is 1040 g/mol. The highest BCUT2D eigenvalue weighted by Gasteiger charge is 2.62. The van der Waals surface area contributed by atoms with Gasteiger partial charge in [0.1, 0.15) is 5.58 Å². The van der Waals surface area contributed by atoms with Gasteiger partial charge in [0.2, 0.25) is 0 Å². The van der Waals surface area contributed by atoms with E-state index in [1.165, 1.54) is 181 Å². The molecule has 5 fully saturated rings. The van der Waals surface area contributed by atoms with Crippen molar-refractivity contribution in [2.45, 2.75) is 160 Å². The number of thiophene rings is 1. The van der Waals surface area contributed by atoms with Crippen molar-refractivity contribution in [2.24, 2.45) is 23.7 Å². The predicted molar refractivity (Wildman–Crippen MR) is 331 cm³/mol. The van der Waals surface area contributed by atoms with Crippen molar-refractivity contribution in [3.63, 3.8) is 0 Å². The lowest BCUT2D eigenvalue weighted by Gasteiger charge is -2.61. The van der Waals surface area contributed by atoms with Crippen LogP contribution in [0.15, 0.2) is 126 Å². The molecule has 0 unspecified atom stereocenters. The molecule has 0 atom stereocenters. The molecular formula is C73H73BN2OS. The van der Waals surface area contributed by atoms with E-state index in [0.29, 0.717) is 17.8 Å². The zero-order chi connectivity index (χ0) is 52.5. The smallest absolute Gasteiger partial charge is 0.264 e. The fourth-order valence-corrected chi connectivity index (χ4v) is 20.1. The second kappa shape index (κ2) is 15.9. The van der Waals surface area contributed by atoms with Gasteiger partial charge in [-0.05, 0) is 226 Å². The van der Waals surface area contributed by atoms with Crippen LogP contribution < -0.4 is 25.5 Å². The number of hydrogen-bond donors (Lipinski definition) is 0. The molecule has 1 spiro atoms. The Hall–Kier alpha value is -6.04. The number of benzene rings is 7. The zero-order valence-corrected chi connectivity index (χ0v) is 48.0. The Kier molecular flexibility index (Phi) is 9.53. The third-order valence-corrected chi connectivity index (χ3v) is 23.5. The van der Waals surface area contributed by atoms with E-state index in [9.17, 15) is 0 Å². The van der Waals surface area contributed by atoms with Crippen molar-refractivity contribution >= 4 is 99.9 Å². The zero-order valence-electron chi connectivity index (χ0n) is 47.2. The van der Waals surface area contributed by atoms with Gasteiger partial charge in [0.15, 0.2) is 5.58 Å². The van der Waals surface area contributed by atoms with E-state index in [4.69, 9.17) is 4.42 Å². The average molecular weight is 1040 g/mol. The summed E-state index contributed by atoms with van der Waals surface area (Å²) < 4.78 is 10.2. The second-order valence-electron chi connectivity index (χ2n) is 28.6. The summed E-state index contributed by atoms with van der Waals surface area (Å²) in [7, 11) is 0. The van der Waals surface area contributed by atoms with Gasteiger partial charge < -0.3 is 14.2 Å². The van der Waals surface area contributed by atoms with E-state index in [2.05, 4.69) is 198 Å². The highest BCUT2D eigenvalue weighted by atomic mass is 32.1. The Bertz CT molecular complexity index is 4050. The fraction of sp³-hybridized carbons (Fsp3) is 0.397. The number of aryl methyl sites for hydroxylation is 1. The predicted octanol–water partition coefficient (Wildman–Crippen LogP) is 18.6. The third kappa shape index (κ3) is 6.18. The SMILES string of the molecule is Cc1cc2c3c(c1)N(c1ccc(C4CCCCC4)c4c1oc1ccccc14)c1c(sc4cc5c(cc14)C(C)(C)CCC5(C)C)B3c1cc(C(C)(C)C)ccc1N2c1ccc2c(c1)C1(c3ccccc3-2)C2CC3CC(C2)CC1C3. The van der Waals surface area contributed by atoms with Gasteiger partial charge in [-0.2, -0.15) is 0 Å². The lowest BCUT2D eigenvalue weighted by Crippen LogP contribution is -2.60. The Labute approximate surface area is 466 Å². The van der Waals surface area contributed by atoms with E-state index in [-0.39, 0.29) is 28.4 Å². The number of nitrogens with zero attached hydrogens (tertiary/aromatic N) is 2. The molecule has 78 heavy (non-hydrogen) atoms. The number of furan rings is 1. The van der Waals surface area contributed by atoms with E-state index in [1.807, 2.05) is 0 Å². The summed E-state index contributed by atoms with van der Waals surface area (Å²) in [6.45, 7) is 19.6. The summed E-state index contributed by atoms with van der Waals surface area (Å²) >= 11 is 2.07. The minimum atomic E-state index is -0.0334. The maximum Gasteiger partial charge on any atom is 0.264 e. The van der Waals surface area contributed by atoms with Crippen LogP contribution >= 0.6 is 11.3 Å². The molecule has 2 aromatic heterocycles. The quantitative estimate of drug-likeness (QED) is 0.164. The van der Waals surface area contributed by atoms with E-state index < -0.39 is 0 Å². The molecule has 7 aromatic carbocycles. The Morgan fingerprint density at radius 2 is 1.28 bits per heavy atom. The lowest BCUT2D eigenvalue weighted by molar-refractivity contribution is -0.0399. The molecule has 0 N–H and O–H groups in total. The van der Waals surface area contributed by atoms with Crippen LogP contribution in [0.25, 0.3) is 43.2 Å². The Morgan fingerprint density at radius 1 is 0.603 bits per heavy atom. The van der Waals surface area contributed by atoms with Crippen molar-refractivity contribution in [2.75, 3.05) is 9.80 Å². The third-order valence-electron chi connectivity index (χ3n) is 22.3. The summed E-state index contributed by atoms with van der Waals surface area (Å²) in [4.78, 5) is 5.47. The topological polar surface area (TPSA) is 19.6 Å². The summed E-state index contributed by atoms with van der Waals surface area (Å²) in [5.74, 6) is 3.73. The fourth-order valence-electron chi connectivity index (χ4n) is 18.7. The molecule has 2 aliphatic heterocycles. The minimum Gasteiger partial charge on any atom is -0.454 e. The molecule has 3 nitrogen and oxygen atoms in total. The van der Waals surface area contributed by atoms with Gasteiger partial charge in [0.25, 0.3) is 6.71 Å². The molecular weight excluding hydrogens is 964 g/mol. The Balaban J connectivity index is 0.963. The highest BCUT2D eigenvalue weighted by Crippen LogP contribution is 2.70. The molecule has 5 heteroatoms. The molecule has 9 aliphatic rings. The number of anilines is 6. The molecule has 0 saturated heterocycles. The van der Waals surface area contributed by atoms with Crippen molar-refractivity contribution in [3.8, 4) is 11.1 Å². The summed E-state index contributed by atoms with van der Waals surface area (Å²) in [6, 6.07) is 49.4. The number of fused-ring (bicyclic) bond motifs is 13. The van der Waals surface area contributed by atoms with Crippen LogP contribution in [0, 0.1) is 30.6 Å². The van der Waals surface area contributed by atoms with Crippen molar-refractivity contribution in [3.05, 3.63) is 160 Å². The summed E-state index contributed by atoms with van der Waals surface area (Å²) in [5.41, 5.74) is 26.2. The average Bonchev–Trinajstić information content (AvgIpc) is 4.20. The second-order valence-corrected chi connectivity index (χ2v) is 29.7. The largest absolute Gasteiger partial charge is 0.454 e. The maximum absolute atomic E-state index is 7.38. The first kappa shape index (κ1) is 46.8. The van der Waals surface area contributed by atoms with Gasteiger partial charge in [0, 0.05) is 53.8 Å². The lowest BCUT2D eigenvalue weighted by atomic mass is 9.36. The van der Waals surface area contributed by atoms with Crippen LogP contribution in [-0.4, -0.2) is 6.71 Å². The van der Waals surface area contributed by atoms with Gasteiger partial charge in [-0.1, -0.05) is 134 Å². The molecule has 18 rings (SSSR count). The summed E-state index contributed by atoms with van der Waals surface area (Å²) in [5, 5.41) is 3.94. The molecule has 9 aromatic rings. The molecule has 5 saturated carbocycles. The molecule has 4 heterocycles. The van der Waals surface area contributed by atoms with E-state index in [0.717, 1.165) is 28.7 Å². The van der Waals surface area contributed by atoms with Crippen molar-refractivity contribution in [1.82, 2.24) is 0 Å². The molecule has 0 amide bonds. The minimum absolute atomic E-state index is 0.0334. The number of para-hydroxylation sites is 1. The van der Waals surface area contributed by atoms with Gasteiger partial charge in [-0.15, -0.1) is 11.3 Å². The van der Waals surface area contributed by atoms with E-state index in [1.54, 1.807) is 11.1 Å². The van der Waals surface area contributed by atoms with Gasteiger partial charge in [-0.25, -0.2) is 0 Å². The van der Waals surface area contributed by atoms with Gasteiger partial charge in [-0.3, -0.25) is 0 Å². The van der Waals surface area contributed by atoms with Crippen LogP contribution in [0.4, 0.5) is 34.1 Å². The van der Waals surface area contributed by atoms with Crippen LogP contribution in [0.3, 0.4) is 0 Å². The molecule has 7 aliphatic carbocycles. The van der Waals surface area contributed by atoms with Gasteiger partial charge >= 0.3 is 0 Å². The molecule has 0 radical (unpaired) electrons. The van der Waals surface area contributed by atoms with Crippen LogP contribution in [0.1, 0.15) is 170 Å². The standard InChI is InChI=1S/C73H73BN2OS/c1-41-30-61-66-62(31-41)76(60-27-25-49(44-16-10-9-11-17-44)65-52-19-13-15-21-63(52)77-68(60)65)67-53-39-56-57(72(7,8)29-28-71(56,5)6)40-64(53)78-69(67)74(66)58-37-45(70(2,3)4)22-26-59(58)75(61)48-23-24-51-50-18-12-14-20-54(50)73(55(51)38-48)46-33-42-32-43(35-46)36-47(73)34-42/h12-15,18-27,30-31,37-40,42-44,46-47H,9-11,16-17,28-29,32-36H2,1-8H3. The van der Waals surface area contributed by atoms with E-state index >= 15 is 0 Å². The van der Waals surface area contributed by atoms with Crippen molar-refractivity contribution in [1.29, 1.82) is 0 Å². The number of hydrogen-bond acceptors (Lipinski definition) is 4. The normalized spacial score (nSPS) is 24.9. The first-order valence-corrected chi connectivity index (χ1v) is 31.2. The maximum atomic E-state index is 7.38. The molecule has 4 bridgehead atoms. The van der Waals surface area contributed by atoms with Crippen LogP contribution in [0.2, 0.25) is 0 Å². The molecule has 390 valence electrons. The van der Waals surface area contributed by atoms with Crippen LogP contribution in [-0.2, 0) is 21.7 Å². The van der Waals surface area contributed by atoms with Crippen molar-refractivity contribution < 1.29 is 4.42 Å². The van der Waals surface area contributed by atoms with Crippen LogP contribution in [0.5, 0.6) is 0 Å². The summed E-state index contributed by atoms with van der Waals surface area (Å²) in [6.07, 6.45) is 15.8. The highest BCUT2D eigenvalue weighted by molar-refractivity contribution is 7.33. The van der Waals surface area contributed by atoms with Gasteiger partial charge in [0.05, 0.1) is 11.4 Å².